The molecule has 0 amide bonds. The number of nitrogens with zero attached hydrogens (tertiary/aromatic N) is 3. The average molecular weight is 229 g/mol. The predicted octanol–water partition coefficient (Wildman–Crippen LogP) is 2.61. The molecule has 0 saturated heterocycles. The Morgan fingerprint density at radius 3 is 2.59 bits per heavy atom. The molecule has 0 aliphatic rings. The van der Waals surface area contributed by atoms with Crippen molar-refractivity contribution in [2.45, 2.75) is 19.5 Å². The van der Waals surface area contributed by atoms with Crippen LogP contribution in [0.25, 0.3) is 0 Å². The van der Waals surface area contributed by atoms with Crippen LogP contribution in [0.3, 0.4) is 0 Å². The standard InChI is InChI=1S/C14H19N3/c1-12(14-4-7-15-8-5-14)17(3)11-13-6-9-16(2)10-13/h4-10,12H,11H2,1-3H3/t12-/m0/s1. The number of pyridine rings is 1. The number of aryl methyl sites for hydroxylation is 1. The van der Waals surface area contributed by atoms with Gasteiger partial charge < -0.3 is 4.57 Å². The van der Waals surface area contributed by atoms with Crippen LogP contribution < -0.4 is 0 Å². The van der Waals surface area contributed by atoms with E-state index in [1.54, 1.807) is 0 Å². The molecule has 0 saturated carbocycles. The van der Waals surface area contributed by atoms with Gasteiger partial charge in [0.25, 0.3) is 0 Å². The van der Waals surface area contributed by atoms with Gasteiger partial charge in [0.2, 0.25) is 0 Å². The van der Waals surface area contributed by atoms with E-state index in [1.165, 1.54) is 11.1 Å². The van der Waals surface area contributed by atoms with Crippen LogP contribution in [-0.2, 0) is 13.6 Å². The maximum atomic E-state index is 4.05. The van der Waals surface area contributed by atoms with Crippen LogP contribution >= 0.6 is 0 Å². The van der Waals surface area contributed by atoms with Crippen LogP contribution in [0.5, 0.6) is 0 Å². The van der Waals surface area contributed by atoms with Crippen molar-refractivity contribution >= 4 is 0 Å². The van der Waals surface area contributed by atoms with Gasteiger partial charge >= 0.3 is 0 Å². The van der Waals surface area contributed by atoms with Gasteiger partial charge in [-0.25, -0.2) is 0 Å². The van der Waals surface area contributed by atoms with Crippen molar-refractivity contribution in [3.8, 4) is 0 Å². The zero-order valence-corrected chi connectivity index (χ0v) is 10.7. The summed E-state index contributed by atoms with van der Waals surface area (Å²) in [5, 5.41) is 0. The highest BCUT2D eigenvalue weighted by molar-refractivity contribution is 5.15. The molecule has 90 valence electrons. The van der Waals surface area contributed by atoms with E-state index < -0.39 is 0 Å². The highest BCUT2D eigenvalue weighted by atomic mass is 15.1. The van der Waals surface area contributed by atoms with Gasteiger partial charge in [0.1, 0.15) is 0 Å². The quantitative estimate of drug-likeness (QED) is 0.803. The maximum Gasteiger partial charge on any atom is 0.0321 e. The minimum atomic E-state index is 0.401. The highest BCUT2D eigenvalue weighted by Crippen LogP contribution is 2.19. The first kappa shape index (κ1) is 11.9. The van der Waals surface area contributed by atoms with E-state index >= 15 is 0 Å². The van der Waals surface area contributed by atoms with Gasteiger partial charge in [0.05, 0.1) is 0 Å². The van der Waals surface area contributed by atoms with Crippen molar-refractivity contribution in [3.05, 3.63) is 54.1 Å². The third kappa shape index (κ3) is 2.94. The Hall–Kier alpha value is -1.61. The molecule has 2 rings (SSSR count). The molecule has 0 aliphatic carbocycles. The Labute approximate surface area is 103 Å². The van der Waals surface area contributed by atoms with Crippen molar-refractivity contribution in [3.63, 3.8) is 0 Å². The van der Waals surface area contributed by atoms with Gasteiger partial charge in [0.15, 0.2) is 0 Å². The zero-order chi connectivity index (χ0) is 12.3. The van der Waals surface area contributed by atoms with Crippen LogP contribution in [0, 0.1) is 0 Å². The fourth-order valence-corrected chi connectivity index (χ4v) is 1.98. The summed E-state index contributed by atoms with van der Waals surface area (Å²) in [6, 6.07) is 6.71. The number of hydrogen-bond donors (Lipinski definition) is 0. The van der Waals surface area contributed by atoms with E-state index in [0.717, 1.165) is 6.54 Å². The van der Waals surface area contributed by atoms with Gasteiger partial charge in [-0.3, -0.25) is 9.88 Å². The maximum absolute atomic E-state index is 4.05. The van der Waals surface area contributed by atoms with Gasteiger partial charge in [-0.05, 0) is 43.3 Å². The second-order valence-corrected chi connectivity index (χ2v) is 4.56. The van der Waals surface area contributed by atoms with E-state index in [9.17, 15) is 0 Å². The minimum absolute atomic E-state index is 0.401. The molecular weight excluding hydrogens is 210 g/mol. The van der Waals surface area contributed by atoms with Crippen LogP contribution in [0.2, 0.25) is 0 Å². The summed E-state index contributed by atoms with van der Waals surface area (Å²) in [4.78, 5) is 6.39. The molecule has 0 unspecified atom stereocenters. The summed E-state index contributed by atoms with van der Waals surface area (Å²) in [5.74, 6) is 0. The molecule has 0 aliphatic heterocycles. The molecule has 0 aromatic carbocycles. The lowest BCUT2D eigenvalue weighted by molar-refractivity contribution is 0.253. The molecule has 0 fully saturated rings. The minimum Gasteiger partial charge on any atom is -0.357 e. The second-order valence-electron chi connectivity index (χ2n) is 4.56. The van der Waals surface area contributed by atoms with Crippen molar-refractivity contribution in [1.82, 2.24) is 14.5 Å². The molecule has 0 spiro atoms. The Kier molecular flexibility index (Phi) is 3.59. The summed E-state index contributed by atoms with van der Waals surface area (Å²) in [7, 11) is 4.20. The Morgan fingerprint density at radius 2 is 2.00 bits per heavy atom. The predicted molar refractivity (Wildman–Crippen MR) is 69.5 cm³/mol. The third-order valence-electron chi connectivity index (χ3n) is 3.17. The second kappa shape index (κ2) is 5.15. The van der Waals surface area contributed by atoms with Gasteiger partial charge in [-0.1, -0.05) is 0 Å². The fraction of sp³-hybridized carbons (Fsp3) is 0.357. The molecule has 2 heterocycles. The first-order valence-corrected chi connectivity index (χ1v) is 5.88. The van der Waals surface area contributed by atoms with Gasteiger partial charge in [-0.2, -0.15) is 0 Å². The Bertz CT molecular complexity index is 461. The van der Waals surface area contributed by atoms with E-state index in [-0.39, 0.29) is 0 Å². The largest absolute Gasteiger partial charge is 0.357 e. The van der Waals surface area contributed by atoms with Gasteiger partial charge in [-0.15, -0.1) is 0 Å². The molecule has 0 radical (unpaired) electrons. The highest BCUT2D eigenvalue weighted by Gasteiger charge is 2.11. The monoisotopic (exact) mass is 229 g/mol. The van der Waals surface area contributed by atoms with E-state index in [1.807, 2.05) is 12.4 Å². The molecule has 0 bridgehead atoms. The summed E-state index contributed by atoms with van der Waals surface area (Å²) in [6.07, 6.45) is 7.94. The van der Waals surface area contributed by atoms with Crippen molar-refractivity contribution < 1.29 is 0 Å². The lowest BCUT2D eigenvalue weighted by Gasteiger charge is -2.24. The summed E-state index contributed by atoms with van der Waals surface area (Å²) in [5.41, 5.74) is 2.65. The lowest BCUT2D eigenvalue weighted by atomic mass is 10.1. The van der Waals surface area contributed by atoms with Crippen LogP contribution in [0.1, 0.15) is 24.1 Å². The summed E-state index contributed by atoms with van der Waals surface area (Å²) < 4.78 is 2.08. The van der Waals surface area contributed by atoms with Crippen molar-refractivity contribution in [1.29, 1.82) is 0 Å². The SMILES string of the molecule is C[C@@H](c1ccncc1)N(C)Cc1ccn(C)c1. The lowest BCUT2D eigenvalue weighted by Crippen LogP contribution is -2.21. The molecule has 0 N–H and O–H groups in total. The normalized spacial score (nSPS) is 12.9. The molecule has 2 aromatic heterocycles. The number of rotatable bonds is 4. The summed E-state index contributed by atoms with van der Waals surface area (Å²) >= 11 is 0. The first-order valence-electron chi connectivity index (χ1n) is 5.88. The van der Waals surface area contributed by atoms with E-state index in [4.69, 9.17) is 0 Å². The number of aromatic nitrogens is 2. The fourth-order valence-electron chi connectivity index (χ4n) is 1.98. The smallest absolute Gasteiger partial charge is 0.0321 e. The molecule has 3 nitrogen and oxygen atoms in total. The first-order chi connectivity index (χ1) is 8.16. The molecule has 1 atom stereocenters. The van der Waals surface area contributed by atoms with Crippen LogP contribution in [0.4, 0.5) is 0 Å². The van der Waals surface area contributed by atoms with Crippen molar-refractivity contribution in [2.24, 2.45) is 7.05 Å². The van der Waals surface area contributed by atoms with Gasteiger partial charge in [0, 0.05) is 44.4 Å². The van der Waals surface area contributed by atoms with Crippen molar-refractivity contribution in [2.75, 3.05) is 7.05 Å². The van der Waals surface area contributed by atoms with E-state index in [0.29, 0.717) is 6.04 Å². The van der Waals surface area contributed by atoms with Crippen LogP contribution in [-0.4, -0.2) is 21.5 Å². The van der Waals surface area contributed by atoms with Crippen LogP contribution in [0.15, 0.2) is 43.0 Å². The third-order valence-corrected chi connectivity index (χ3v) is 3.17. The topological polar surface area (TPSA) is 21.1 Å². The van der Waals surface area contributed by atoms with E-state index in [2.05, 4.69) is 66.1 Å². The number of hydrogen-bond acceptors (Lipinski definition) is 2. The molecule has 2 aromatic rings. The molecule has 17 heavy (non-hydrogen) atoms. The average Bonchev–Trinajstić information content (AvgIpc) is 2.75. The molecule has 3 heteroatoms. The zero-order valence-electron chi connectivity index (χ0n) is 10.7. The molecular formula is C14H19N3. The Balaban J connectivity index is 2.03. The Morgan fingerprint density at radius 1 is 1.29 bits per heavy atom. The summed E-state index contributed by atoms with van der Waals surface area (Å²) in [6.45, 7) is 3.18.